The molecule has 56 valence electrons. The lowest BCUT2D eigenvalue weighted by Gasteiger charge is -2.04. The van der Waals surface area contributed by atoms with Crippen molar-refractivity contribution in [3.05, 3.63) is 35.4 Å². The standard InChI is InChI=1S/C8H8N2O/c1-2-9-7-4-3-5-8(6-7)10-11/h3-4,6,8H,1,5H2. The number of rotatable bonds is 2. The highest BCUT2D eigenvalue weighted by molar-refractivity contribution is 5.50. The van der Waals surface area contributed by atoms with E-state index >= 15 is 0 Å². The molecule has 3 heteroatoms. The van der Waals surface area contributed by atoms with Crippen molar-refractivity contribution in [3.8, 4) is 0 Å². The average molecular weight is 148 g/mol. The van der Waals surface area contributed by atoms with Crippen LogP contribution in [-0.4, -0.2) is 11.9 Å². The summed E-state index contributed by atoms with van der Waals surface area (Å²) in [5.74, 6) is 2.39. The number of hydrogen-bond donors (Lipinski definition) is 0. The second-order valence-electron chi connectivity index (χ2n) is 2.17. The van der Waals surface area contributed by atoms with E-state index in [1.165, 1.54) is 0 Å². The van der Waals surface area contributed by atoms with Crippen LogP contribution in [0.3, 0.4) is 0 Å². The van der Waals surface area contributed by atoms with Crippen LogP contribution < -0.4 is 0 Å². The highest BCUT2D eigenvalue weighted by atomic mass is 16.3. The average Bonchev–Trinajstić information content (AvgIpc) is 2.06. The molecule has 0 heterocycles. The van der Waals surface area contributed by atoms with Gasteiger partial charge in [0.2, 0.25) is 0 Å². The van der Waals surface area contributed by atoms with Gasteiger partial charge in [-0.25, -0.2) is 4.99 Å². The number of nitrogens with zero attached hydrogens (tertiary/aromatic N) is 2. The minimum Gasteiger partial charge on any atom is -0.207 e. The molecule has 0 aliphatic heterocycles. The molecule has 11 heavy (non-hydrogen) atoms. The van der Waals surface area contributed by atoms with Gasteiger partial charge in [-0.2, -0.15) is 4.91 Å². The summed E-state index contributed by atoms with van der Waals surface area (Å²) in [6.45, 7) is 3.33. The fraction of sp³-hybridized carbons (Fsp3) is 0.250. The van der Waals surface area contributed by atoms with Gasteiger partial charge < -0.3 is 0 Å². The van der Waals surface area contributed by atoms with Crippen LogP contribution in [0.1, 0.15) is 6.42 Å². The molecule has 0 amide bonds. The van der Waals surface area contributed by atoms with Gasteiger partial charge in [0.25, 0.3) is 0 Å². The van der Waals surface area contributed by atoms with E-state index in [4.69, 9.17) is 0 Å². The van der Waals surface area contributed by atoms with Crippen molar-refractivity contribution in [1.29, 1.82) is 0 Å². The number of nitroso groups, excluding NO2 is 1. The van der Waals surface area contributed by atoms with Crippen molar-refractivity contribution < 1.29 is 0 Å². The summed E-state index contributed by atoms with van der Waals surface area (Å²) in [6, 6.07) is -0.271. The van der Waals surface area contributed by atoms with Gasteiger partial charge in [0, 0.05) is 0 Å². The summed E-state index contributed by atoms with van der Waals surface area (Å²) in [4.78, 5) is 13.9. The Hall–Kier alpha value is -1.47. The van der Waals surface area contributed by atoms with Crippen LogP contribution in [-0.2, 0) is 0 Å². The van der Waals surface area contributed by atoms with Gasteiger partial charge in [-0.1, -0.05) is 11.3 Å². The number of aliphatic imine (C=N–C) groups is 1. The van der Waals surface area contributed by atoms with E-state index in [1.807, 2.05) is 12.2 Å². The lowest BCUT2D eigenvalue weighted by atomic mass is 10.1. The molecule has 1 rings (SSSR count). The van der Waals surface area contributed by atoms with Crippen molar-refractivity contribution in [3.63, 3.8) is 0 Å². The second kappa shape index (κ2) is 3.64. The van der Waals surface area contributed by atoms with E-state index in [0.29, 0.717) is 12.1 Å². The summed E-state index contributed by atoms with van der Waals surface area (Å²) in [6.07, 6.45) is 6.05. The summed E-state index contributed by atoms with van der Waals surface area (Å²) in [5, 5.41) is 2.89. The zero-order valence-corrected chi connectivity index (χ0v) is 6.03. The molecule has 0 radical (unpaired) electrons. The SMILES string of the molecule is C=C=NC1=CC(N=O)CC=C1. The summed E-state index contributed by atoms with van der Waals surface area (Å²) in [5.41, 5.74) is 0.704. The fourth-order valence-electron chi connectivity index (χ4n) is 0.888. The summed E-state index contributed by atoms with van der Waals surface area (Å²) in [7, 11) is 0. The minimum atomic E-state index is -0.271. The molecular formula is C8H8N2O. The van der Waals surface area contributed by atoms with Gasteiger partial charge in [-0.15, -0.1) is 0 Å². The molecule has 3 nitrogen and oxygen atoms in total. The first kappa shape index (κ1) is 7.63. The third kappa shape index (κ3) is 1.99. The van der Waals surface area contributed by atoms with Crippen LogP contribution >= 0.6 is 0 Å². The van der Waals surface area contributed by atoms with Crippen LogP contribution in [0.2, 0.25) is 0 Å². The number of allylic oxidation sites excluding steroid dienone is 1. The predicted octanol–water partition coefficient (Wildman–Crippen LogP) is 1.82. The van der Waals surface area contributed by atoms with E-state index in [9.17, 15) is 4.91 Å². The molecule has 0 saturated heterocycles. The molecule has 1 aliphatic rings. The fourth-order valence-corrected chi connectivity index (χ4v) is 0.888. The smallest absolute Gasteiger partial charge is 0.116 e. The Morgan fingerprint density at radius 1 is 1.73 bits per heavy atom. The van der Waals surface area contributed by atoms with Gasteiger partial charge in [-0.05, 0) is 31.0 Å². The molecule has 0 aromatic rings. The van der Waals surface area contributed by atoms with Crippen LogP contribution in [0.4, 0.5) is 0 Å². The molecule has 0 aromatic carbocycles. The summed E-state index contributed by atoms with van der Waals surface area (Å²) >= 11 is 0. The Labute approximate surface area is 64.8 Å². The Bertz CT molecular complexity index is 259. The lowest BCUT2D eigenvalue weighted by molar-refractivity contribution is 0.809. The molecule has 0 fully saturated rings. The first-order chi connectivity index (χ1) is 5.36. The van der Waals surface area contributed by atoms with E-state index in [-0.39, 0.29) is 6.04 Å². The van der Waals surface area contributed by atoms with Crippen molar-refractivity contribution in [1.82, 2.24) is 0 Å². The lowest BCUT2D eigenvalue weighted by Crippen LogP contribution is -2.01. The Morgan fingerprint density at radius 2 is 2.55 bits per heavy atom. The summed E-state index contributed by atoms with van der Waals surface area (Å²) < 4.78 is 0. The molecule has 0 aromatic heterocycles. The Balaban J connectivity index is 2.78. The minimum absolute atomic E-state index is 0.271. The largest absolute Gasteiger partial charge is 0.207 e. The van der Waals surface area contributed by atoms with Crippen LogP contribution in [0, 0.1) is 4.91 Å². The molecule has 1 atom stereocenters. The van der Waals surface area contributed by atoms with E-state index < -0.39 is 0 Å². The molecule has 0 saturated carbocycles. The van der Waals surface area contributed by atoms with E-state index in [0.717, 1.165) is 0 Å². The predicted molar refractivity (Wildman–Crippen MR) is 44.5 cm³/mol. The Morgan fingerprint density at radius 3 is 3.18 bits per heavy atom. The van der Waals surface area contributed by atoms with Gasteiger partial charge in [0.1, 0.15) is 6.04 Å². The Kier molecular flexibility index (Phi) is 2.53. The maximum Gasteiger partial charge on any atom is 0.116 e. The van der Waals surface area contributed by atoms with Crippen molar-refractivity contribution in [2.24, 2.45) is 10.2 Å². The first-order valence-electron chi connectivity index (χ1n) is 3.30. The van der Waals surface area contributed by atoms with Gasteiger partial charge in [0.05, 0.1) is 5.70 Å². The highest BCUT2D eigenvalue weighted by Gasteiger charge is 2.07. The monoisotopic (exact) mass is 148 g/mol. The van der Waals surface area contributed by atoms with Crippen molar-refractivity contribution in [2.75, 3.05) is 0 Å². The van der Waals surface area contributed by atoms with Gasteiger partial charge in [-0.3, -0.25) is 0 Å². The maximum absolute atomic E-state index is 10.1. The quantitative estimate of drug-likeness (QED) is 0.435. The zero-order valence-electron chi connectivity index (χ0n) is 6.03. The van der Waals surface area contributed by atoms with Crippen molar-refractivity contribution >= 4 is 5.87 Å². The normalized spacial score (nSPS) is 21.8. The topological polar surface area (TPSA) is 41.8 Å². The van der Waals surface area contributed by atoms with Crippen LogP contribution in [0.15, 0.2) is 40.7 Å². The van der Waals surface area contributed by atoms with Crippen LogP contribution in [0.5, 0.6) is 0 Å². The molecule has 1 aliphatic carbocycles. The van der Waals surface area contributed by atoms with Gasteiger partial charge in [0.15, 0.2) is 0 Å². The highest BCUT2D eigenvalue weighted by Crippen LogP contribution is 2.13. The molecular weight excluding hydrogens is 140 g/mol. The van der Waals surface area contributed by atoms with E-state index in [1.54, 1.807) is 6.08 Å². The van der Waals surface area contributed by atoms with Crippen molar-refractivity contribution in [2.45, 2.75) is 12.5 Å². The first-order valence-corrected chi connectivity index (χ1v) is 3.30. The van der Waals surface area contributed by atoms with Gasteiger partial charge >= 0.3 is 0 Å². The number of hydrogen-bond acceptors (Lipinski definition) is 3. The maximum atomic E-state index is 10.1. The molecule has 1 unspecified atom stereocenters. The van der Waals surface area contributed by atoms with Crippen LogP contribution in [0.25, 0.3) is 0 Å². The molecule has 0 bridgehead atoms. The molecule has 0 N–H and O–H groups in total. The zero-order chi connectivity index (χ0) is 8.10. The molecule has 0 spiro atoms. The third-order valence-electron chi connectivity index (χ3n) is 1.37. The third-order valence-corrected chi connectivity index (χ3v) is 1.37. The van der Waals surface area contributed by atoms with E-state index in [2.05, 4.69) is 22.6 Å². The second-order valence-corrected chi connectivity index (χ2v) is 2.17.